The van der Waals surface area contributed by atoms with Crippen LogP contribution >= 0.6 is 11.3 Å². The summed E-state index contributed by atoms with van der Waals surface area (Å²) in [5.74, 6) is 0.325. The SMILES string of the molecule is Nc1cccc(-c2csc3nc(Nc4ccc(S(=O)(=O)O)cc4)cc(=O)n23)c1. The quantitative estimate of drug-likeness (QED) is 0.346. The van der Waals surface area contributed by atoms with Crippen molar-refractivity contribution in [1.29, 1.82) is 0 Å². The van der Waals surface area contributed by atoms with Crippen molar-refractivity contribution in [3.05, 3.63) is 70.3 Å². The van der Waals surface area contributed by atoms with Gasteiger partial charge in [0.15, 0.2) is 4.96 Å². The number of nitrogens with two attached hydrogens (primary N) is 1. The molecule has 4 N–H and O–H groups in total. The number of aromatic nitrogens is 2. The van der Waals surface area contributed by atoms with Crippen LogP contribution in [0.5, 0.6) is 0 Å². The van der Waals surface area contributed by atoms with Crippen molar-refractivity contribution in [2.75, 3.05) is 11.1 Å². The zero-order valence-corrected chi connectivity index (χ0v) is 15.9. The second kappa shape index (κ2) is 6.75. The first-order valence-corrected chi connectivity index (χ1v) is 10.3. The van der Waals surface area contributed by atoms with Gasteiger partial charge in [0.05, 0.1) is 10.6 Å². The van der Waals surface area contributed by atoms with Gasteiger partial charge in [-0.15, -0.1) is 11.3 Å². The highest BCUT2D eigenvalue weighted by Gasteiger charge is 2.12. The largest absolute Gasteiger partial charge is 0.399 e. The van der Waals surface area contributed by atoms with E-state index in [1.807, 2.05) is 17.5 Å². The van der Waals surface area contributed by atoms with E-state index in [-0.39, 0.29) is 10.5 Å². The van der Waals surface area contributed by atoms with Gasteiger partial charge in [0.25, 0.3) is 15.7 Å². The third kappa shape index (κ3) is 3.48. The summed E-state index contributed by atoms with van der Waals surface area (Å²) < 4.78 is 32.7. The molecule has 0 amide bonds. The highest BCUT2D eigenvalue weighted by atomic mass is 32.2. The van der Waals surface area contributed by atoms with Gasteiger partial charge in [-0.05, 0) is 36.4 Å². The average molecular weight is 414 g/mol. The smallest absolute Gasteiger partial charge is 0.294 e. The summed E-state index contributed by atoms with van der Waals surface area (Å²) >= 11 is 1.32. The van der Waals surface area contributed by atoms with Crippen LogP contribution in [-0.4, -0.2) is 22.4 Å². The Kier molecular flexibility index (Phi) is 4.38. The molecule has 2 heterocycles. The Labute approximate surface area is 163 Å². The van der Waals surface area contributed by atoms with E-state index in [2.05, 4.69) is 10.3 Å². The van der Waals surface area contributed by atoms with Gasteiger partial charge in [0.2, 0.25) is 0 Å². The van der Waals surface area contributed by atoms with E-state index in [4.69, 9.17) is 10.3 Å². The lowest BCUT2D eigenvalue weighted by molar-refractivity contribution is 0.483. The maximum atomic E-state index is 12.7. The van der Waals surface area contributed by atoms with Crippen LogP contribution in [0.1, 0.15) is 0 Å². The van der Waals surface area contributed by atoms with Crippen molar-refractivity contribution in [2.45, 2.75) is 4.90 Å². The summed E-state index contributed by atoms with van der Waals surface area (Å²) in [7, 11) is -4.26. The number of rotatable bonds is 4. The predicted octanol–water partition coefficient (Wildman–Crippen LogP) is 3.00. The molecule has 2 aromatic heterocycles. The van der Waals surface area contributed by atoms with Crippen LogP contribution in [0.3, 0.4) is 0 Å². The standard InChI is InChI=1S/C18H14N4O4S2/c19-12-3-1-2-11(8-12)15-10-27-18-21-16(9-17(23)22(15)18)20-13-4-6-14(7-5-13)28(24,25)26/h1-10,20H,19H2,(H,24,25,26). The number of benzene rings is 2. The number of hydrogen-bond donors (Lipinski definition) is 3. The molecule has 0 saturated carbocycles. The molecule has 28 heavy (non-hydrogen) atoms. The Morgan fingerprint density at radius 3 is 2.54 bits per heavy atom. The van der Waals surface area contributed by atoms with Crippen LogP contribution in [0.2, 0.25) is 0 Å². The predicted molar refractivity (Wildman–Crippen MR) is 109 cm³/mol. The van der Waals surface area contributed by atoms with Gasteiger partial charge in [0.1, 0.15) is 5.82 Å². The summed E-state index contributed by atoms with van der Waals surface area (Å²) in [6.07, 6.45) is 0. The van der Waals surface area contributed by atoms with E-state index in [0.29, 0.717) is 27.8 Å². The molecule has 2 aromatic carbocycles. The summed E-state index contributed by atoms with van der Waals surface area (Å²) in [5.41, 5.74) is 8.21. The van der Waals surface area contributed by atoms with Crippen LogP contribution in [0.15, 0.2) is 69.7 Å². The maximum Gasteiger partial charge on any atom is 0.294 e. The Bertz CT molecular complexity index is 1340. The van der Waals surface area contributed by atoms with Gasteiger partial charge in [0, 0.05) is 28.4 Å². The van der Waals surface area contributed by atoms with Gasteiger partial charge in [-0.3, -0.25) is 13.7 Å². The normalized spacial score (nSPS) is 11.6. The molecule has 0 saturated heterocycles. The second-order valence-corrected chi connectivity index (χ2v) is 8.23. The summed E-state index contributed by atoms with van der Waals surface area (Å²) in [6, 6.07) is 14.1. The third-order valence-electron chi connectivity index (χ3n) is 4.01. The molecule has 0 unspecified atom stereocenters. The number of anilines is 3. The number of nitrogens with zero attached hydrogens (tertiary/aromatic N) is 2. The van der Waals surface area contributed by atoms with Crippen molar-refractivity contribution in [3.63, 3.8) is 0 Å². The lowest BCUT2D eigenvalue weighted by Crippen LogP contribution is -2.14. The number of fused-ring (bicyclic) bond motifs is 1. The number of nitrogens with one attached hydrogen (secondary N) is 1. The van der Waals surface area contributed by atoms with E-state index in [1.165, 1.54) is 46.1 Å². The van der Waals surface area contributed by atoms with Crippen molar-refractivity contribution in [2.24, 2.45) is 0 Å². The third-order valence-corrected chi connectivity index (χ3v) is 5.71. The highest BCUT2D eigenvalue weighted by molar-refractivity contribution is 7.85. The minimum atomic E-state index is -4.26. The molecule has 0 aliphatic heterocycles. The van der Waals surface area contributed by atoms with E-state index >= 15 is 0 Å². The Morgan fingerprint density at radius 2 is 1.86 bits per heavy atom. The van der Waals surface area contributed by atoms with Gasteiger partial charge in [-0.1, -0.05) is 12.1 Å². The van der Waals surface area contributed by atoms with Crippen molar-refractivity contribution >= 4 is 43.6 Å². The lowest BCUT2D eigenvalue weighted by Gasteiger charge is -2.07. The molecule has 0 aliphatic carbocycles. The first-order chi connectivity index (χ1) is 13.3. The molecule has 0 bridgehead atoms. The van der Waals surface area contributed by atoms with Gasteiger partial charge in [-0.2, -0.15) is 8.42 Å². The monoisotopic (exact) mass is 414 g/mol. The van der Waals surface area contributed by atoms with Gasteiger partial charge in [-0.25, -0.2) is 4.98 Å². The number of thiazole rings is 1. The zero-order valence-electron chi connectivity index (χ0n) is 14.2. The van der Waals surface area contributed by atoms with Crippen LogP contribution in [-0.2, 0) is 10.1 Å². The highest BCUT2D eigenvalue weighted by Crippen LogP contribution is 2.26. The van der Waals surface area contributed by atoms with Crippen molar-refractivity contribution in [1.82, 2.24) is 9.38 Å². The number of hydrogen-bond acceptors (Lipinski definition) is 7. The summed E-state index contributed by atoms with van der Waals surface area (Å²) in [5, 5.41) is 4.80. The van der Waals surface area contributed by atoms with E-state index in [9.17, 15) is 13.2 Å². The first-order valence-electron chi connectivity index (χ1n) is 8.03. The maximum absolute atomic E-state index is 12.7. The fraction of sp³-hybridized carbons (Fsp3) is 0. The molecule has 0 radical (unpaired) electrons. The summed E-state index contributed by atoms with van der Waals surface area (Å²) in [4.78, 5) is 17.4. The Morgan fingerprint density at radius 1 is 1.11 bits per heavy atom. The van der Waals surface area contributed by atoms with Crippen LogP contribution in [0, 0.1) is 0 Å². The van der Waals surface area contributed by atoms with Crippen LogP contribution in [0.4, 0.5) is 17.2 Å². The molecule has 4 aromatic rings. The van der Waals surface area contributed by atoms with Gasteiger partial charge < -0.3 is 11.1 Å². The zero-order chi connectivity index (χ0) is 19.9. The molecule has 4 rings (SSSR count). The molecular formula is C18H14N4O4S2. The molecule has 10 heteroatoms. The molecule has 0 fully saturated rings. The second-order valence-electron chi connectivity index (χ2n) is 5.97. The van der Waals surface area contributed by atoms with Crippen molar-refractivity contribution in [3.8, 4) is 11.3 Å². The molecule has 8 nitrogen and oxygen atoms in total. The van der Waals surface area contributed by atoms with Crippen LogP contribution in [0.25, 0.3) is 16.2 Å². The molecule has 0 aliphatic rings. The molecule has 0 atom stereocenters. The fourth-order valence-electron chi connectivity index (χ4n) is 2.74. The van der Waals surface area contributed by atoms with Crippen LogP contribution < -0.4 is 16.6 Å². The number of nitrogen functional groups attached to an aromatic ring is 1. The fourth-order valence-corrected chi connectivity index (χ4v) is 4.12. The minimum Gasteiger partial charge on any atom is -0.399 e. The van der Waals surface area contributed by atoms with E-state index < -0.39 is 10.1 Å². The molecule has 142 valence electrons. The summed E-state index contributed by atoms with van der Waals surface area (Å²) in [6.45, 7) is 0. The minimum absolute atomic E-state index is 0.216. The topological polar surface area (TPSA) is 127 Å². The molecular weight excluding hydrogens is 400 g/mol. The first kappa shape index (κ1) is 18.2. The average Bonchev–Trinajstić information content (AvgIpc) is 3.06. The Hall–Kier alpha value is -3.21. The van der Waals surface area contributed by atoms with E-state index in [0.717, 1.165) is 5.56 Å². The van der Waals surface area contributed by atoms with Gasteiger partial charge >= 0.3 is 0 Å². The van der Waals surface area contributed by atoms with Crippen molar-refractivity contribution < 1.29 is 13.0 Å². The lowest BCUT2D eigenvalue weighted by atomic mass is 10.1. The van der Waals surface area contributed by atoms with E-state index in [1.54, 1.807) is 12.1 Å². The molecule has 0 spiro atoms. The Balaban J connectivity index is 1.70.